The Morgan fingerprint density at radius 1 is 1.23 bits per heavy atom. The Morgan fingerprint density at radius 3 is 2.59 bits per heavy atom. The third kappa shape index (κ3) is 7.11. The molecule has 1 aromatic carbocycles. The smallest absolute Gasteiger partial charge is 0.305 e. The molecule has 122 valence electrons. The molecule has 1 atom stereocenters. The minimum absolute atomic E-state index is 0.154. The van der Waals surface area contributed by atoms with Crippen molar-refractivity contribution in [2.45, 2.75) is 32.1 Å². The fourth-order valence-electron chi connectivity index (χ4n) is 2.07. The summed E-state index contributed by atoms with van der Waals surface area (Å²) < 4.78 is 4.61. The largest absolute Gasteiger partial charge is 0.469 e. The van der Waals surface area contributed by atoms with E-state index >= 15 is 0 Å². The molecule has 1 unspecified atom stereocenters. The van der Waals surface area contributed by atoms with Gasteiger partial charge in [0.2, 0.25) is 0 Å². The van der Waals surface area contributed by atoms with E-state index in [9.17, 15) is 4.79 Å². The fourth-order valence-corrected chi connectivity index (χ4v) is 2.07. The minimum Gasteiger partial charge on any atom is -0.469 e. The van der Waals surface area contributed by atoms with Crippen molar-refractivity contribution in [1.82, 2.24) is 10.6 Å². The van der Waals surface area contributed by atoms with Crippen LogP contribution >= 0.6 is 0 Å². The third-order valence-electron chi connectivity index (χ3n) is 3.50. The van der Waals surface area contributed by atoms with Gasteiger partial charge in [0.25, 0.3) is 0 Å². The van der Waals surface area contributed by atoms with Crippen molar-refractivity contribution < 1.29 is 9.53 Å². The average Bonchev–Trinajstić information content (AvgIpc) is 2.57. The first-order valence-electron chi connectivity index (χ1n) is 7.73. The Morgan fingerprint density at radius 2 is 1.95 bits per heavy atom. The van der Waals surface area contributed by atoms with Crippen LogP contribution in [0.15, 0.2) is 35.3 Å². The molecular formula is C17H27N3O2. The maximum Gasteiger partial charge on any atom is 0.305 e. The number of unbranched alkanes of at least 4 members (excludes halogenated alkanes) is 1. The van der Waals surface area contributed by atoms with E-state index in [0.29, 0.717) is 12.3 Å². The summed E-state index contributed by atoms with van der Waals surface area (Å²) in [5, 5.41) is 6.58. The van der Waals surface area contributed by atoms with E-state index in [2.05, 4.69) is 51.6 Å². The highest BCUT2D eigenvalue weighted by Gasteiger charge is 2.06. The quantitative estimate of drug-likeness (QED) is 0.335. The number of nitrogens with one attached hydrogen (secondary N) is 2. The zero-order valence-electron chi connectivity index (χ0n) is 13.8. The van der Waals surface area contributed by atoms with Crippen LogP contribution in [-0.4, -0.2) is 39.2 Å². The average molecular weight is 305 g/mol. The second-order valence-electron chi connectivity index (χ2n) is 5.22. The number of rotatable bonds is 8. The van der Waals surface area contributed by atoms with Crippen LogP contribution in [0.4, 0.5) is 0 Å². The zero-order valence-corrected chi connectivity index (χ0v) is 13.8. The molecule has 0 aliphatic carbocycles. The van der Waals surface area contributed by atoms with Crippen LogP contribution in [-0.2, 0) is 9.53 Å². The number of esters is 1. The van der Waals surface area contributed by atoms with Crippen LogP contribution in [0.1, 0.15) is 37.7 Å². The Bertz CT molecular complexity index is 460. The van der Waals surface area contributed by atoms with Gasteiger partial charge in [-0.3, -0.25) is 9.79 Å². The van der Waals surface area contributed by atoms with Gasteiger partial charge in [0.15, 0.2) is 5.96 Å². The van der Waals surface area contributed by atoms with E-state index in [1.165, 1.54) is 12.7 Å². The maximum atomic E-state index is 11.0. The highest BCUT2D eigenvalue weighted by atomic mass is 16.5. The lowest BCUT2D eigenvalue weighted by molar-refractivity contribution is -0.140. The molecule has 0 spiro atoms. The Hall–Kier alpha value is -2.04. The lowest BCUT2D eigenvalue weighted by Crippen LogP contribution is -2.39. The molecule has 0 aliphatic heterocycles. The van der Waals surface area contributed by atoms with Crippen LogP contribution in [0, 0.1) is 0 Å². The van der Waals surface area contributed by atoms with E-state index in [1.807, 2.05) is 6.07 Å². The molecule has 1 aromatic rings. The Balaban J connectivity index is 2.21. The van der Waals surface area contributed by atoms with Crippen LogP contribution < -0.4 is 10.6 Å². The molecule has 0 saturated heterocycles. The molecule has 22 heavy (non-hydrogen) atoms. The van der Waals surface area contributed by atoms with Crippen molar-refractivity contribution in [3.05, 3.63) is 35.9 Å². The summed E-state index contributed by atoms with van der Waals surface area (Å²) in [5.41, 5.74) is 1.31. The van der Waals surface area contributed by atoms with E-state index in [-0.39, 0.29) is 5.97 Å². The number of benzene rings is 1. The van der Waals surface area contributed by atoms with E-state index < -0.39 is 0 Å². The lowest BCUT2D eigenvalue weighted by Gasteiger charge is -2.16. The fraction of sp³-hybridized carbons (Fsp3) is 0.529. The maximum absolute atomic E-state index is 11.0. The van der Waals surface area contributed by atoms with E-state index in [0.717, 1.165) is 31.9 Å². The van der Waals surface area contributed by atoms with Gasteiger partial charge in [-0.1, -0.05) is 37.3 Å². The van der Waals surface area contributed by atoms with Gasteiger partial charge in [0.1, 0.15) is 0 Å². The predicted molar refractivity (Wildman–Crippen MR) is 90.1 cm³/mol. The van der Waals surface area contributed by atoms with Crippen molar-refractivity contribution >= 4 is 11.9 Å². The summed E-state index contributed by atoms with van der Waals surface area (Å²) >= 11 is 0. The monoisotopic (exact) mass is 305 g/mol. The number of hydrogen-bond acceptors (Lipinski definition) is 3. The molecule has 0 radical (unpaired) electrons. The molecule has 0 amide bonds. The standard InChI is InChI=1S/C17H27N3O2/c1-14(15-9-5-4-6-10-15)13-20-17(18-2)19-12-8-7-11-16(21)22-3/h4-6,9-10,14H,7-8,11-13H2,1-3H3,(H2,18,19,20). The Kier molecular flexibility index (Phi) is 8.72. The summed E-state index contributed by atoms with van der Waals surface area (Å²) in [7, 11) is 3.18. The highest BCUT2D eigenvalue weighted by molar-refractivity contribution is 5.79. The second-order valence-corrected chi connectivity index (χ2v) is 5.22. The van der Waals surface area contributed by atoms with Gasteiger partial charge in [0.05, 0.1) is 7.11 Å². The molecule has 0 aromatic heterocycles. The van der Waals surface area contributed by atoms with Crippen LogP contribution in [0.25, 0.3) is 0 Å². The second kappa shape index (κ2) is 10.7. The predicted octanol–water partition coefficient (Wildman–Crippen LogP) is 2.30. The van der Waals surface area contributed by atoms with Crippen molar-refractivity contribution in [3.63, 3.8) is 0 Å². The third-order valence-corrected chi connectivity index (χ3v) is 3.50. The molecule has 5 heteroatoms. The number of methoxy groups -OCH3 is 1. The first-order valence-corrected chi connectivity index (χ1v) is 7.73. The molecule has 1 rings (SSSR count). The van der Waals surface area contributed by atoms with Gasteiger partial charge in [0, 0.05) is 26.6 Å². The van der Waals surface area contributed by atoms with Crippen molar-refractivity contribution in [1.29, 1.82) is 0 Å². The van der Waals surface area contributed by atoms with Gasteiger partial charge in [-0.2, -0.15) is 0 Å². The summed E-state index contributed by atoms with van der Waals surface area (Å²) in [6.45, 7) is 3.80. The molecule has 0 aliphatic rings. The number of aliphatic imine (C=N–C) groups is 1. The SMILES string of the molecule is CN=C(NCCCCC(=O)OC)NCC(C)c1ccccc1. The van der Waals surface area contributed by atoms with Gasteiger partial charge >= 0.3 is 5.97 Å². The van der Waals surface area contributed by atoms with Crippen LogP contribution in [0.2, 0.25) is 0 Å². The zero-order chi connectivity index (χ0) is 16.2. The Labute approximate surface area is 133 Å². The summed E-state index contributed by atoms with van der Waals surface area (Å²) in [6.07, 6.45) is 2.19. The minimum atomic E-state index is -0.154. The topological polar surface area (TPSA) is 62.7 Å². The van der Waals surface area contributed by atoms with Crippen LogP contribution in [0.3, 0.4) is 0 Å². The summed E-state index contributed by atoms with van der Waals surface area (Å²) in [5.74, 6) is 1.05. The van der Waals surface area contributed by atoms with Gasteiger partial charge in [-0.05, 0) is 24.3 Å². The van der Waals surface area contributed by atoms with Gasteiger partial charge < -0.3 is 15.4 Å². The number of hydrogen-bond donors (Lipinski definition) is 2. The molecule has 0 heterocycles. The number of ether oxygens (including phenoxy) is 1. The number of nitrogens with zero attached hydrogens (tertiary/aromatic N) is 1. The van der Waals surface area contributed by atoms with Gasteiger partial charge in [-0.15, -0.1) is 0 Å². The van der Waals surface area contributed by atoms with Crippen molar-refractivity contribution in [2.75, 3.05) is 27.2 Å². The molecule has 0 saturated carbocycles. The number of carbonyl (C=O) groups is 1. The van der Waals surface area contributed by atoms with Crippen molar-refractivity contribution in [2.24, 2.45) is 4.99 Å². The summed E-state index contributed by atoms with van der Waals surface area (Å²) in [4.78, 5) is 15.2. The number of carbonyl (C=O) groups excluding carboxylic acids is 1. The summed E-state index contributed by atoms with van der Waals surface area (Å²) in [6, 6.07) is 10.4. The molecular weight excluding hydrogens is 278 g/mol. The number of guanidine groups is 1. The van der Waals surface area contributed by atoms with E-state index in [1.54, 1.807) is 7.05 Å². The van der Waals surface area contributed by atoms with Crippen molar-refractivity contribution in [3.8, 4) is 0 Å². The van der Waals surface area contributed by atoms with Crippen LogP contribution in [0.5, 0.6) is 0 Å². The molecule has 0 bridgehead atoms. The molecule has 5 nitrogen and oxygen atoms in total. The van der Waals surface area contributed by atoms with E-state index in [4.69, 9.17) is 0 Å². The normalized spacial score (nSPS) is 12.6. The first kappa shape index (κ1) is 18.0. The van der Waals surface area contributed by atoms with Gasteiger partial charge in [-0.25, -0.2) is 0 Å². The highest BCUT2D eigenvalue weighted by Crippen LogP contribution is 2.12. The molecule has 2 N–H and O–H groups in total. The lowest BCUT2D eigenvalue weighted by atomic mass is 10.0. The molecule has 0 fully saturated rings. The first-order chi connectivity index (χ1) is 10.7.